The number of aromatic nitrogens is 1. The van der Waals surface area contributed by atoms with Gasteiger partial charge in [0.15, 0.2) is 0 Å². The lowest BCUT2D eigenvalue weighted by Gasteiger charge is -2.29. The van der Waals surface area contributed by atoms with Crippen LogP contribution >= 0.6 is 23.2 Å². The van der Waals surface area contributed by atoms with Crippen molar-refractivity contribution in [3.63, 3.8) is 0 Å². The van der Waals surface area contributed by atoms with Gasteiger partial charge in [0.25, 0.3) is 11.8 Å². The zero-order valence-corrected chi connectivity index (χ0v) is 26.4. The fourth-order valence-corrected chi connectivity index (χ4v) is 5.96. The number of ether oxygens (including phenoxy) is 2. The van der Waals surface area contributed by atoms with Crippen LogP contribution in [0.25, 0.3) is 10.8 Å². The lowest BCUT2D eigenvalue weighted by atomic mass is 9.92. The van der Waals surface area contributed by atoms with E-state index < -0.39 is 11.9 Å². The number of para-hydroxylation sites is 1. The number of hydrogen-bond acceptors (Lipinski definition) is 6. The largest absolute Gasteiger partial charge is 0.490 e. The third-order valence-electron chi connectivity index (χ3n) is 7.88. The van der Waals surface area contributed by atoms with Crippen molar-refractivity contribution >= 4 is 57.4 Å². The number of hydrogen-bond donors (Lipinski definition) is 3. The molecule has 1 aliphatic carbocycles. The Balaban J connectivity index is 1.01. The van der Waals surface area contributed by atoms with Crippen molar-refractivity contribution in [3.8, 4) is 17.2 Å². The first-order valence-corrected chi connectivity index (χ1v) is 15.7. The first-order chi connectivity index (χ1) is 22.7. The smallest absolute Gasteiger partial charge is 0.337 e. The van der Waals surface area contributed by atoms with E-state index in [2.05, 4.69) is 15.6 Å². The number of carbonyl (C=O) groups excluding carboxylic acids is 2. The van der Waals surface area contributed by atoms with Crippen molar-refractivity contribution < 1.29 is 29.0 Å². The molecule has 1 fully saturated rings. The molecule has 0 bridgehead atoms. The zero-order chi connectivity index (χ0) is 32.9. The Kier molecular flexibility index (Phi) is 9.56. The van der Waals surface area contributed by atoms with Crippen LogP contribution in [-0.4, -0.2) is 40.0 Å². The predicted molar refractivity (Wildman–Crippen MR) is 180 cm³/mol. The summed E-state index contributed by atoms with van der Waals surface area (Å²) < 4.78 is 12.3. The lowest BCUT2D eigenvalue weighted by Crippen LogP contribution is -2.39. The predicted octanol–water partition coefficient (Wildman–Crippen LogP) is 8.40. The van der Waals surface area contributed by atoms with Crippen LogP contribution in [0.3, 0.4) is 0 Å². The summed E-state index contributed by atoms with van der Waals surface area (Å²) in [5.74, 6) is 0.193. The first-order valence-electron chi connectivity index (χ1n) is 15.0. The van der Waals surface area contributed by atoms with E-state index in [1.54, 1.807) is 42.5 Å². The number of nitrogens with one attached hydrogen (secondary N) is 2. The summed E-state index contributed by atoms with van der Waals surface area (Å²) in [5.41, 5.74) is 0.991. The van der Waals surface area contributed by atoms with E-state index in [1.165, 1.54) is 18.2 Å². The molecular weight excluding hydrogens is 641 g/mol. The number of carboxylic acid groups (broad SMARTS) is 1. The highest BCUT2D eigenvalue weighted by Crippen LogP contribution is 2.31. The average Bonchev–Trinajstić information content (AvgIpc) is 3.05. The lowest BCUT2D eigenvalue weighted by molar-refractivity contribution is 0.0697. The van der Waals surface area contributed by atoms with Crippen LogP contribution in [-0.2, 0) is 0 Å². The number of carboxylic acids is 1. The summed E-state index contributed by atoms with van der Waals surface area (Å²) in [7, 11) is 0. The van der Waals surface area contributed by atoms with E-state index in [0.29, 0.717) is 22.6 Å². The van der Waals surface area contributed by atoms with Gasteiger partial charge in [0.05, 0.1) is 17.4 Å². The molecule has 1 heterocycles. The molecule has 0 unspecified atom stereocenters. The zero-order valence-electron chi connectivity index (χ0n) is 24.9. The highest BCUT2D eigenvalue weighted by molar-refractivity contribution is 6.33. The Morgan fingerprint density at radius 2 is 1.32 bits per heavy atom. The number of nitrogens with zero attached hydrogens (tertiary/aromatic N) is 1. The number of pyridine rings is 1. The van der Waals surface area contributed by atoms with Crippen LogP contribution in [0.4, 0.5) is 5.69 Å². The molecule has 0 spiro atoms. The molecule has 47 heavy (non-hydrogen) atoms. The Morgan fingerprint density at radius 1 is 0.702 bits per heavy atom. The van der Waals surface area contributed by atoms with Gasteiger partial charge in [-0.25, -0.2) is 9.78 Å². The molecule has 9 nitrogen and oxygen atoms in total. The normalized spacial score (nSPS) is 15.9. The van der Waals surface area contributed by atoms with Crippen molar-refractivity contribution in [2.75, 3.05) is 5.32 Å². The van der Waals surface area contributed by atoms with E-state index >= 15 is 0 Å². The first kappa shape index (κ1) is 31.8. The molecule has 1 aliphatic rings. The third kappa shape index (κ3) is 8.00. The Morgan fingerprint density at radius 3 is 2.00 bits per heavy atom. The van der Waals surface area contributed by atoms with Crippen molar-refractivity contribution in [1.29, 1.82) is 0 Å². The molecule has 4 aromatic carbocycles. The maximum atomic E-state index is 12.7. The van der Waals surface area contributed by atoms with E-state index in [9.17, 15) is 19.5 Å². The Hall–Kier alpha value is -5.12. The van der Waals surface area contributed by atoms with Crippen molar-refractivity contribution in [2.45, 2.75) is 37.8 Å². The summed E-state index contributed by atoms with van der Waals surface area (Å²) in [5, 5.41) is 17.4. The quantitative estimate of drug-likeness (QED) is 0.134. The Bertz CT molecular complexity index is 1940. The summed E-state index contributed by atoms with van der Waals surface area (Å²) in [4.78, 5) is 40.6. The number of aromatic carboxylic acids is 1. The minimum atomic E-state index is -1.12. The van der Waals surface area contributed by atoms with Crippen LogP contribution in [0.15, 0.2) is 97.1 Å². The molecule has 2 amide bonds. The minimum absolute atomic E-state index is 0.0149. The molecule has 0 radical (unpaired) electrons. The van der Waals surface area contributed by atoms with Crippen LogP contribution in [0.2, 0.25) is 10.3 Å². The van der Waals surface area contributed by atoms with Gasteiger partial charge in [-0.1, -0.05) is 47.5 Å². The molecule has 0 saturated heterocycles. The number of benzene rings is 4. The van der Waals surface area contributed by atoms with Gasteiger partial charge >= 0.3 is 5.97 Å². The second-order valence-electron chi connectivity index (χ2n) is 11.2. The molecule has 1 saturated carbocycles. The summed E-state index contributed by atoms with van der Waals surface area (Å²) in [6.45, 7) is 0. The van der Waals surface area contributed by atoms with E-state index in [-0.39, 0.29) is 39.6 Å². The summed E-state index contributed by atoms with van der Waals surface area (Å²) in [6.07, 6.45) is 3.25. The fourth-order valence-electron chi connectivity index (χ4n) is 5.50. The molecule has 238 valence electrons. The number of fused-ring (bicyclic) bond motifs is 1. The molecular formula is C36H29Cl2N3O6. The second kappa shape index (κ2) is 14.1. The molecule has 0 aliphatic heterocycles. The van der Waals surface area contributed by atoms with Crippen LogP contribution in [0.1, 0.15) is 56.8 Å². The topological polar surface area (TPSA) is 127 Å². The van der Waals surface area contributed by atoms with Crippen molar-refractivity contribution in [1.82, 2.24) is 10.3 Å². The van der Waals surface area contributed by atoms with Crippen LogP contribution in [0.5, 0.6) is 17.2 Å². The van der Waals surface area contributed by atoms with Gasteiger partial charge in [0.2, 0.25) is 0 Å². The maximum absolute atomic E-state index is 12.7. The third-order valence-corrected chi connectivity index (χ3v) is 8.27. The average molecular weight is 671 g/mol. The SMILES string of the molecule is O=C(Nc1ccccc1C(=O)O)c1ccc(Oc2ccc3cc(OC4CCC(NC(=O)c5cc(Cl)nc(Cl)c5)CC4)ccc3c2)cc1. The number of halogens is 2. The number of rotatable bonds is 9. The number of carbonyl (C=O) groups is 3. The highest BCUT2D eigenvalue weighted by Gasteiger charge is 2.24. The van der Waals surface area contributed by atoms with Crippen LogP contribution in [0, 0.1) is 0 Å². The summed E-state index contributed by atoms with van der Waals surface area (Å²) in [6, 6.07) is 27.6. The van der Waals surface area contributed by atoms with E-state index in [1.807, 2.05) is 36.4 Å². The highest BCUT2D eigenvalue weighted by atomic mass is 35.5. The molecule has 5 aromatic rings. The summed E-state index contributed by atoms with van der Waals surface area (Å²) >= 11 is 11.9. The second-order valence-corrected chi connectivity index (χ2v) is 11.9. The monoisotopic (exact) mass is 669 g/mol. The van der Waals surface area contributed by atoms with Crippen molar-refractivity contribution in [3.05, 3.63) is 124 Å². The van der Waals surface area contributed by atoms with Gasteiger partial charge in [-0.3, -0.25) is 9.59 Å². The van der Waals surface area contributed by atoms with Gasteiger partial charge in [-0.05, 0) is 109 Å². The van der Waals surface area contributed by atoms with Gasteiger partial charge < -0.3 is 25.2 Å². The minimum Gasteiger partial charge on any atom is -0.490 e. The van der Waals surface area contributed by atoms with Gasteiger partial charge in [0, 0.05) is 17.2 Å². The maximum Gasteiger partial charge on any atom is 0.337 e. The number of anilines is 1. The van der Waals surface area contributed by atoms with Gasteiger partial charge in [-0.2, -0.15) is 0 Å². The molecule has 1 aromatic heterocycles. The van der Waals surface area contributed by atoms with Gasteiger partial charge in [-0.15, -0.1) is 0 Å². The van der Waals surface area contributed by atoms with Crippen molar-refractivity contribution in [2.24, 2.45) is 0 Å². The van der Waals surface area contributed by atoms with E-state index in [0.717, 1.165) is 42.2 Å². The standard InChI is InChI=1S/C36H29Cl2N3O6/c37-32-19-24(20-33(38)41-32)35(43)39-25-9-15-27(16-10-25)47-29-14-8-22-17-28(13-7-23(22)18-29)46-26-11-5-21(6-12-26)34(42)40-31-4-2-1-3-30(31)36(44)45/h1-8,11-14,17-20,25,27H,9-10,15-16H2,(H,39,43)(H,40,42)(H,44,45). The Labute approximate surface area is 280 Å². The van der Waals surface area contributed by atoms with E-state index in [4.69, 9.17) is 32.7 Å². The number of amides is 2. The molecule has 11 heteroatoms. The van der Waals surface area contributed by atoms with Gasteiger partial charge in [0.1, 0.15) is 27.6 Å². The molecule has 6 rings (SSSR count). The van der Waals surface area contributed by atoms with Crippen LogP contribution < -0.4 is 20.1 Å². The molecule has 0 atom stereocenters. The fraction of sp³-hybridized carbons (Fsp3) is 0.167. The molecule has 3 N–H and O–H groups in total.